The Hall–Kier alpha value is -1.66. The largest absolute Gasteiger partial charge is 0.383 e. The minimum atomic E-state index is -0.464. The lowest BCUT2D eigenvalue weighted by molar-refractivity contribution is 0.127. The third-order valence-corrected chi connectivity index (χ3v) is 2.53. The minimum absolute atomic E-state index is 0.160. The minimum Gasteiger partial charge on any atom is -0.383 e. The maximum Gasteiger partial charge on any atom is 0.322 e. The summed E-state index contributed by atoms with van der Waals surface area (Å²) in [5.74, 6) is -0.464. The summed E-state index contributed by atoms with van der Waals surface area (Å²) in [6.07, 6.45) is 0. The van der Waals surface area contributed by atoms with E-state index in [0.717, 1.165) is 0 Å². The van der Waals surface area contributed by atoms with Gasteiger partial charge in [0.15, 0.2) is 0 Å². The van der Waals surface area contributed by atoms with Crippen molar-refractivity contribution >= 4 is 11.7 Å². The number of nitrogens with one attached hydrogen (secondary N) is 1. The van der Waals surface area contributed by atoms with Crippen molar-refractivity contribution in [3.05, 3.63) is 30.1 Å². The number of para-hydroxylation sites is 1. The van der Waals surface area contributed by atoms with Crippen LogP contribution in [0.15, 0.2) is 24.3 Å². The first kappa shape index (κ1) is 15.4. The second-order valence-electron chi connectivity index (χ2n) is 3.88. The van der Waals surface area contributed by atoms with Crippen molar-refractivity contribution in [3.8, 4) is 0 Å². The van der Waals surface area contributed by atoms with Crippen LogP contribution in [0.2, 0.25) is 0 Å². The molecule has 0 spiro atoms. The molecule has 1 aromatic rings. The fourth-order valence-corrected chi connectivity index (χ4v) is 1.47. The summed E-state index contributed by atoms with van der Waals surface area (Å²) in [6.45, 7) is 1.66. The number of hydrogen-bond acceptors (Lipinski definition) is 3. The van der Waals surface area contributed by atoms with Gasteiger partial charge in [0.2, 0.25) is 0 Å². The molecule has 0 heterocycles. The molecule has 106 valence electrons. The Bertz CT molecular complexity index is 393. The van der Waals surface area contributed by atoms with Crippen molar-refractivity contribution in [2.75, 3.05) is 45.8 Å². The molecule has 1 aromatic carbocycles. The molecule has 2 amide bonds. The molecular weight excluding hydrogens is 251 g/mol. The number of nitrogens with zero attached hydrogens (tertiary/aromatic N) is 1. The molecule has 1 N–H and O–H groups in total. The van der Waals surface area contributed by atoms with Gasteiger partial charge in [0.25, 0.3) is 0 Å². The topological polar surface area (TPSA) is 50.8 Å². The van der Waals surface area contributed by atoms with E-state index in [0.29, 0.717) is 26.3 Å². The Labute approximate surface area is 112 Å². The molecule has 0 aliphatic rings. The molecule has 0 fully saturated rings. The Morgan fingerprint density at radius 1 is 1.21 bits per heavy atom. The number of carbonyl (C=O) groups is 1. The van der Waals surface area contributed by atoms with Crippen LogP contribution in [0.1, 0.15) is 0 Å². The summed E-state index contributed by atoms with van der Waals surface area (Å²) in [5, 5.41) is 2.53. The fraction of sp³-hybridized carbons (Fsp3) is 0.462. The molecule has 0 bridgehead atoms. The first-order valence-corrected chi connectivity index (χ1v) is 5.97. The highest BCUT2D eigenvalue weighted by Gasteiger charge is 2.14. The zero-order valence-electron chi connectivity index (χ0n) is 11.2. The second kappa shape index (κ2) is 8.44. The molecule has 6 heteroatoms. The maximum atomic E-state index is 13.4. The highest BCUT2D eigenvalue weighted by atomic mass is 19.1. The van der Waals surface area contributed by atoms with Gasteiger partial charge in [-0.3, -0.25) is 0 Å². The number of anilines is 1. The predicted octanol–water partition coefficient (Wildman–Crippen LogP) is 1.95. The standard InChI is InChI=1S/C13H19FN2O3/c1-18-9-7-16(8-10-19-2)13(17)15-12-6-4-3-5-11(12)14/h3-6H,7-10H2,1-2H3,(H,15,17). The van der Waals surface area contributed by atoms with Crippen LogP contribution in [0.4, 0.5) is 14.9 Å². The number of hydrogen-bond donors (Lipinski definition) is 1. The van der Waals surface area contributed by atoms with Gasteiger partial charge >= 0.3 is 6.03 Å². The van der Waals surface area contributed by atoms with E-state index >= 15 is 0 Å². The number of halogens is 1. The van der Waals surface area contributed by atoms with E-state index in [2.05, 4.69) is 5.32 Å². The number of urea groups is 1. The molecule has 0 aromatic heterocycles. The summed E-state index contributed by atoms with van der Waals surface area (Å²) < 4.78 is 23.3. The van der Waals surface area contributed by atoms with Crippen LogP contribution in [0.3, 0.4) is 0 Å². The summed E-state index contributed by atoms with van der Waals surface area (Å²) in [7, 11) is 3.12. The molecule has 5 nitrogen and oxygen atoms in total. The van der Waals surface area contributed by atoms with Crippen LogP contribution in [0, 0.1) is 5.82 Å². The Kier molecular flexibility index (Phi) is 6.84. The number of ether oxygens (including phenoxy) is 2. The van der Waals surface area contributed by atoms with Crippen molar-refractivity contribution < 1.29 is 18.7 Å². The first-order chi connectivity index (χ1) is 9.19. The van der Waals surface area contributed by atoms with Gasteiger partial charge in [0.05, 0.1) is 18.9 Å². The fourth-order valence-electron chi connectivity index (χ4n) is 1.47. The molecule has 0 unspecified atom stereocenters. The van der Waals surface area contributed by atoms with Gasteiger partial charge in [0, 0.05) is 27.3 Å². The van der Waals surface area contributed by atoms with Crippen LogP contribution in [0.25, 0.3) is 0 Å². The molecule has 0 atom stereocenters. The highest BCUT2D eigenvalue weighted by Crippen LogP contribution is 2.13. The van der Waals surface area contributed by atoms with Crippen molar-refractivity contribution in [2.45, 2.75) is 0 Å². The van der Waals surface area contributed by atoms with Gasteiger partial charge in [-0.2, -0.15) is 0 Å². The normalized spacial score (nSPS) is 10.3. The lowest BCUT2D eigenvalue weighted by atomic mass is 10.3. The van der Waals surface area contributed by atoms with E-state index in [-0.39, 0.29) is 11.7 Å². The van der Waals surface area contributed by atoms with Crippen LogP contribution < -0.4 is 5.32 Å². The number of methoxy groups -OCH3 is 2. The van der Waals surface area contributed by atoms with Gasteiger partial charge in [-0.1, -0.05) is 12.1 Å². The molecule has 0 saturated carbocycles. The zero-order chi connectivity index (χ0) is 14.1. The number of carbonyl (C=O) groups excluding carboxylic acids is 1. The SMILES string of the molecule is COCCN(CCOC)C(=O)Nc1ccccc1F. The van der Waals surface area contributed by atoms with Gasteiger partial charge in [-0.25, -0.2) is 9.18 Å². The zero-order valence-corrected chi connectivity index (χ0v) is 11.2. The molecular formula is C13H19FN2O3. The van der Waals surface area contributed by atoms with Crippen molar-refractivity contribution in [1.29, 1.82) is 0 Å². The Morgan fingerprint density at radius 2 is 1.79 bits per heavy atom. The Balaban J connectivity index is 2.62. The van der Waals surface area contributed by atoms with E-state index in [1.807, 2.05) is 0 Å². The lowest BCUT2D eigenvalue weighted by Crippen LogP contribution is -2.39. The van der Waals surface area contributed by atoms with E-state index < -0.39 is 5.82 Å². The average Bonchev–Trinajstić information content (AvgIpc) is 2.41. The van der Waals surface area contributed by atoms with Gasteiger partial charge in [0.1, 0.15) is 5.82 Å². The monoisotopic (exact) mass is 270 g/mol. The molecule has 0 aliphatic carbocycles. The molecule has 0 saturated heterocycles. The van der Waals surface area contributed by atoms with E-state index in [9.17, 15) is 9.18 Å². The van der Waals surface area contributed by atoms with Crippen LogP contribution >= 0.6 is 0 Å². The molecule has 1 rings (SSSR count). The Morgan fingerprint density at radius 3 is 2.32 bits per heavy atom. The summed E-state index contributed by atoms with van der Waals surface area (Å²) in [6, 6.07) is 5.66. The maximum absolute atomic E-state index is 13.4. The molecule has 19 heavy (non-hydrogen) atoms. The summed E-state index contributed by atoms with van der Waals surface area (Å²) in [5.41, 5.74) is 0.160. The third kappa shape index (κ3) is 5.23. The quantitative estimate of drug-likeness (QED) is 0.824. The lowest BCUT2D eigenvalue weighted by Gasteiger charge is -2.22. The number of amides is 2. The summed E-state index contributed by atoms with van der Waals surface area (Å²) in [4.78, 5) is 13.5. The summed E-state index contributed by atoms with van der Waals surface area (Å²) >= 11 is 0. The second-order valence-corrected chi connectivity index (χ2v) is 3.88. The molecule has 0 radical (unpaired) electrons. The van der Waals surface area contributed by atoms with E-state index in [4.69, 9.17) is 9.47 Å². The van der Waals surface area contributed by atoms with Crippen molar-refractivity contribution in [1.82, 2.24) is 4.90 Å². The average molecular weight is 270 g/mol. The van der Waals surface area contributed by atoms with Crippen molar-refractivity contribution in [3.63, 3.8) is 0 Å². The molecule has 0 aliphatic heterocycles. The van der Waals surface area contributed by atoms with Gasteiger partial charge < -0.3 is 19.7 Å². The highest BCUT2D eigenvalue weighted by molar-refractivity contribution is 5.89. The van der Waals surface area contributed by atoms with Crippen molar-refractivity contribution in [2.24, 2.45) is 0 Å². The van der Waals surface area contributed by atoms with E-state index in [1.165, 1.54) is 17.0 Å². The number of benzene rings is 1. The predicted molar refractivity (Wildman–Crippen MR) is 70.7 cm³/mol. The van der Waals surface area contributed by atoms with Gasteiger partial charge in [-0.15, -0.1) is 0 Å². The van der Waals surface area contributed by atoms with Crippen LogP contribution in [0.5, 0.6) is 0 Å². The van der Waals surface area contributed by atoms with E-state index in [1.54, 1.807) is 26.4 Å². The van der Waals surface area contributed by atoms with Crippen LogP contribution in [-0.4, -0.2) is 51.5 Å². The van der Waals surface area contributed by atoms with Gasteiger partial charge in [-0.05, 0) is 12.1 Å². The van der Waals surface area contributed by atoms with Crippen LogP contribution in [-0.2, 0) is 9.47 Å². The first-order valence-electron chi connectivity index (χ1n) is 5.97. The number of rotatable bonds is 7. The smallest absolute Gasteiger partial charge is 0.322 e. The third-order valence-electron chi connectivity index (χ3n) is 2.53.